The predicted octanol–water partition coefficient (Wildman–Crippen LogP) is 1.76. The fourth-order valence-electron chi connectivity index (χ4n) is 2.17. The number of amides is 1. The summed E-state index contributed by atoms with van der Waals surface area (Å²) in [6.45, 7) is 4.21. The Morgan fingerprint density at radius 3 is 2.50 bits per heavy atom. The first-order chi connectivity index (χ1) is 9.52. The smallest absolute Gasteiger partial charge is 0.251 e. The van der Waals surface area contributed by atoms with Crippen molar-refractivity contribution in [3.8, 4) is 0 Å². The number of benzene rings is 1. The lowest BCUT2D eigenvalue weighted by atomic mass is 10.1. The molecule has 0 aliphatic heterocycles. The number of rotatable bonds is 6. The summed E-state index contributed by atoms with van der Waals surface area (Å²) in [7, 11) is 0. The van der Waals surface area contributed by atoms with Crippen LogP contribution in [0.4, 0.5) is 14.5 Å². The maximum Gasteiger partial charge on any atom is 0.251 e. The molecule has 0 atom stereocenters. The van der Waals surface area contributed by atoms with Gasteiger partial charge in [0.1, 0.15) is 17.3 Å². The fourth-order valence-corrected chi connectivity index (χ4v) is 2.17. The van der Waals surface area contributed by atoms with E-state index in [0.717, 1.165) is 25.2 Å². The number of carbonyl (C=O) groups is 1. The number of anilines is 1. The van der Waals surface area contributed by atoms with Gasteiger partial charge >= 0.3 is 0 Å². The minimum atomic E-state index is -0.914. The van der Waals surface area contributed by atoms with Crippen LogP contribution in [-0.2, 0) is 0 Å². The Labute approximate surface area is 116 Å². The van der Waals surface area contributed by atoms with Crippen LogP contribution in [0.15, 0.2) is 12.1 Å². The number of hydrogen-bond acceptors (Lipinski definition) is 3. The Hall–Kier alpha value is -1.69. The first-order valence-corrected chi connectivity index (χ1v) is 6.79. The quantitative estimate of drug-likeness (QED) is 0.782. The van der Waals surface area contributed by atoms with Crippen LogP contribution in [0.25, 0.3) is 0 Å². The zero-order valence-corrected chi connectivity index (χ0v) is 11.5. The molecule has 0 heterocycles. The molecular formula is C14H19F2N3O. The molecule has 2 rings (SSSR count). The highest BCUT2D eigenvalue weighted by molar-refractivity contribution is 5.94. The summed E-state index contributed by atoms with van der Waals surface area (Å²) in [6, 6.07) is 2.53. The van der Waals surface area contributed by atoms with Gasteiger partial charge in [0.25, 0.3) is 5.91 Å². The van der Waals surface area contributed by atoms with Gasteiger partial charge < -0.3 is 11.1 Å². The Bertz CT molecular complexity index is 480. The van der Waals surface area contributed by atoms with Gasteiger partial charge in [-0.3, -0.25) is 9.69 Å². The molecule has 1 aliphatic rings. The molecule has 1 aromatic rings. The highest BCUT2D eigenvalue weighted by atomic mass is 19.1. The molecule has 1 saturated carbocycles. The van der Waals surface area contributed by atoms with Crippen LogP contribution in [0.1, 0.15) is 30.1 Å². The third-order valence-corrected chi connectivity index (χ3v) is 3.50. The normalized spacial score (nSPS) is 14.6. The largest absolute Gasteiger partial charge is 0.394 e. The van der Waals surface area contributed by atoms with Crippen LogP contribution < -0.4 is 11.1 Å². The lowest BCUT2D eigenvalue weighted by Crippen LogP contribution is -2.36. The molecule has 1 fully saturated rings. The van der Waals surface area contributed by atoms with Gasteiger partial charge in [0, 0.05) is 24.7 Å². The molecule has 6 heteroatoms. The van der Waals surface area contributed by atoms with E-state index in [1.54, 1.807) is 0 Å². The van der Waals surface area contributed by atoms with Crippen molar-refractivity contribution in [3.05, 3.63) is 29.3 Å². The van der Waals surface area contributed by atoms with E-state index in [1.807, 2.05) is 0 Å². The van der Waals surface area contributed by atoms with E-state index >= 15 is 0 Å². The minimum Gasteiger partial charge on any atom is -0.394 e. The van der Waals surface area contributed by atoms with E-state index in [-0.39, 0.29) is 5.56 Å². The Morgan fingerprint density at radius 2 is 2.00 bits per heavy atom. The number of likely N-dealkylation sites (N-methyl/N-ethyl adjacent to an activating group) is 1. The molecular weight excluding hydrogens is 264 g/mol. The van der Waals surface area contributed by atoms with E-state index in [1.165, 1.54) is 12.8 Å². The van der Waals surface area contributed by atoms with Gasteiger partial charge in [-0.1, -0.05) is 6.92 Å². The second kappa shape index (κ2) is 6.17. The number of nitrogens with two attached hydrogens (primary N) is 1. The Balaban J connectivity index is 1.88. The molecule has 0 spiro atoms. The van der Waals surface area contributed by atoms with Gasteiger partial charge in [-0.05, 0) is 31.5 Å². The van der Waals surface area contributed by atoms with Gasteiger partial charge in [0.2, 0.25) is 0 Å². The zero-order valence-electron chi connectivity index (χ0n) is 11.5. The van der Waals surface area contributed by atoms with Crippen molar-refractivity contribution in [2.45, 2.75) is 25.8 Å². The lowest BCUT2D eigenvalue weighted by Gasteiger charge is -2.19. The van der Waals surface area contributed by atoms with Gasteiger partial charge in [0.05, 0.1) is 0 Å². The SMILES string of the molecule is CCN(CCNC(=O)c1cc(F)c(N)c(F)c1)C1CC1. The summed E-state index contributed by atoms with van der Waals surface area (Å²) >= 11 is 0. The summed E-state index contributed by atoms with van der Waals surface area (Å²) < 4.78 is 26.5. The molecule has 20 heavy (non-hydrogen) atoms. The number of carbonyl (C=O) groups excluding carboxylic acids is 1. The minimum absolute atomic E-state index is 0.0522. The lowest BCUT2D eigenvalue weighted by molar-refractivity contribution is 0.0947. The first-order valence-electron chi connectivity index (χ1n) is 6.79. The molecule has 3 N–H and O–H groups in total. The molecule has 0 unspecified atom stereocenters. The van der Waals surface area contributed by atoms with Crippen molar-refractivity contribution in [3.63, 3.8) is 0 Å². The monoisotopic (exact) mass is 283 g/mol. The third-order valence-electron chi connectivity index (χ3n) is 3.50. The second-order valence-corrected chi connectivity index (χ2v) is 4.97. The highest BCUT2D eigenvalue weighted by Gasteiger charge is 2.27. The van der Waals surface area contributed by atoms with Gasteiger partial charge in [-0.25, -0.2) is 8.78 Å². The molecule has 0 saturated heterocycles. The fraction of sp³-hybridized carbons (Fsp3) is 0.500. The maximum absolute atomic E-state index is 13.3. The number of nitrogens with one attached hydrogen (secondary N) is 1. The molecule has 1 aliphatic carbocycles. The van der Waals surface area contributed by atoms with Crippen molar-refractivity contribution < 1.29 is 13.6 Å². The Kier molecular flexibility index (Phi) is 4.54. The second-order valence-electron chi connectivity index (χ2n) is 4.97. The van der Waals surface area contributed by atoms with Crippen molar-refractivity contribution in [2.75, 3.05) is 25.4 Å². The van der Waals surface area contributed by atoms with Crippen molar-refractivity contribution in [2.24, 2.45) is 0 Å². The van der Waals surface area contributed by atoms with Crippen LogP contribution in [0.2, 0.25) is 0 Å². The number of halogens is 2. The molecule has 0 bridgehead atoms. The summed E-state index contributed by atoms with van der Waals surface area (Å²) in [5.74, 6) is -2.32. The summed E-state index contributed by atoms with van der Waals surface area (Å²) in [5.41, 5.74) is 4.55. The number of nitrogens with zero attached hydrogens (tertiary/aromatic N) is 1. The molecule has 0 aromatic heterocycles. The van der Waals surface area contributed by atoms with Crippen LogP contribution in [0.5, 0.6) is 0 Å². The topological polar surface area (TPSA) is 58.4 Å². The standard InChI is InChI=1S/C14H19F2N3O/c1-2-19(10-3-4-10)6-5-18-14(20)9-7-11(15)13(17)12(16)8-9/h7-8,10H,2-6,17H2,1H3,(H,18,20). The van der Waals surface area contributed by atoms with Crippen molar-refractivity contribution in [1.29, 1.82) is 0 Å². The summed E-state index contributed by atoms with van der Waals surface area (Å²) in [4.78, 5) is 14.1. The first kappa shape index (κ1) is 14.7. The zero-order chi connectivity index (χ0) is 14.7. The van der Waals surface area contributed by atoms with Crippen molar-refractivity contribution >= 4 is 11.6 Å². The third kappa shape index (κ3) is 3.45. The van der Waals surface area contributed by atoms with Gasteiger partial charge in [0.15, 0.2) is 0 Å². The molecule has 0 radical (unpaired) electrons. The average Bonchev–Trinajstić information content (AvgIpc) is 3.24. The van der Waals surface area contributed by atoms with E-state index in [4.69, 9.17) is 5.73 Å². The highest BCUT2D eigenvalue weighted by Crippen LogP contribution is 2.25. The molecule has 110 valence electrons. The van der Waals surface area contributed by atoms with Gasteiger partial charge in [-0.15, -0.1) is 0 Å². The predicted molar refractivity (Wildman–Crippen MR) is 73.4 cm³/mol. The van der Waals surface area contributed by atoms with Crippen LogP contribution in [0, 0.1) is 11.6 Å². The van der Waals surface area contributed by atoms with E-state index in [9.17, 15) is 13.6 Å². The van der Waals surface area contributed by atoms with Crippen LogP contribution in [-0.4, -0.2) is 36.5 Å². The van der Waals surface area contributed by atoms with Crippen LogP contribution in [0.3, 0.4) is 0 Å². The van der Waals surface area contributed by atoms with E-state index in [0.29, 0.717) is 12.6 Å². The van der Waals surface area contributed by atoms with E-state index in [2.05, 4.69) is 17.1 Å². The number of nitrogen functional groups attached to an aromatic ring is 1. The molecule has 1 aromatic carbocycles. The summed E-state index contributed by atoms with van der Waals surface area (Å²) in [5, 5.41) is 2.67. The number of hydrogen-bond donors (Lipinski definition) is 2. The van der Waals surface area contributed by atoms with Gasteiger partial charge in [-0.2, -0.15) is 0 Å². The summed E-state index contributed by atoms with van der Waals surface area (Å²) in [6.07, 6.45) is 2.41. The van der Waals surface area contributed by atoms with Crippen molar-refractivity contribution in [1.82, 2.24) is 10.2 Å². The molecule has 1 amide bonds. The van der Waals surface area contributed by atoms with E-state index < -0.39 is 23.2 Å². The molecule has 4 nitrogen and oxygen atoms in total. The van der Waals surface area contributed by atoms with Crippen LogP contribution >= 0.6 is 0 Å². The average molecular weight is 283 g/mol. The maximum atomic E-state index is 13.3. The Morgan fingerprint density at radius 1 is 1.40 bits per heavy atom.